The molecule has 0 aromatic heterocycles. The van der Waals surface area contributed by atoms with Gasteiger partial charge >= 0.3 is 0 Å². The Labute approximate surface area is 177 Å². The highest BCUT2D eigenvalue weighted by molar-refractivity contribution is 9.10. The molecule has 0 spiro atoms. The number of Topliss-reactive ketones (excluding diaryl/α,β-unsaturated/α-hetero) is 1. The maximum Gasteiger partial charge on any atom is 0.290 e. The Morgan fingerprint density at radius 1 is 1.14 bits per heavy atom. The van der Waals surface area contributed by atoms with Crippen molar-refractivity contribution in [3.05, 3.63) is 45.6 Å². The summed E-state index contributed by atoms with van der Waals surface area (Å²) in [5, 5.41) is 0. The smallest absolute Gasteiger partial charge is 0.290 e. The first-order chi connectivity index (χ1) is 14.0. The third-order valence-corrected chi connectivity index (χ3v) is 7.02. The molecule has 3 aliphatic heterocycles. The lowest BCUT2D eigenvalue weighted by Crippen LogP contribution is -2.42. The van der Waals surface area contributed by atoms with E-state index >= 15 is 0 Å². The molecule has 0 N–H and O–H groups in total. The molecule has 3 heterocycles. The molecule has 29 heavy (non-hydrogen) atoms. The highest BCUT2D eigenvalue weighted by atomic mass is 79.9. The molecule has 1 aliphatic carbocycles. The van der Waals surface area contributed by atoms with Crippen molar-refractivity contribution in [3.8, 4) is 0 Å². The number of amides is 1. The number of carbonyl (C=O) groups is 2. The Morgan fingerprint density at radius 2 is 1.93 bits per heavy atom. The van der Waals surface area contributed by atoms with E-state index in [0.29, 0.717) is 31.6 Å². The number of carbonyl (C=O) groups excluding carboxylic acids is 2. The second-order valence-electron chi connectivity index (χ2n) is 8.33. The molecular weight excluding hydrogens is 441 g/mol. The standard InChI is InChI=1S/C22H23BrFNO4/c23-13-5-3-12(4-6-13)19-18-20(26)16-10-14(24)7-8-17(16)29-21(18)22(27)25(19)11-15-2-1-9-28-15/h3-6,14-17,19H,1-2,7-11H2. The highest BCUT2D eigenvalue weighted by Gasteiger charge is 2.53. The quantitative estimate of drug-likeness (QED) is 0.682. The van der Waals surface area contributed by atoms with Gasteiger partial charge in [0.2, 0.25) is 0 Å². The van der Waals surface area contributed by atoms with E-state index in [-0.39, 0.29) is 30.0 Å². The van der Waals surface area contributed by atoms with Gasteiger partial charge in [-0.1, -0.05) is 28.1 Å². The van der Waals surface area contributed by atoms with E-state index in [9.17, 15) is 14.0 Å². The molecule has 7 heteroatoms. The van der Waals surface area contributed by atoms with Gasteiger partial charge in [-0.15, -0.1) is 0 Å². The van der Waals surface area contributed by atoms with Crippen LogP contribution in [0.3, 0.4) is 0 Å². The molecule has 4 aliphatic rings. The average Bonchev–Trinajstić information content (AvgIpc) is 3.32. The SMILES string of the molecule is O=C1C2=C(OC3CCC(F)CC13)C(=O)N(CC1CCCO1)C2c1ccc(Br)cc1. The molecule has 5 atom stereocenters. The van der Waals surface area contributed by atoms with Crippen LogP contribution >= 0.6 is 15.9 Å². The van der Waals surface area contributed by atoms with Crippen molar-refractivity contribution in [1.82, 2.24) is 4.90 Å². The Hall–Kier alpha value is -1.73. The lowest BCUT2D eigenvalue weighted by molar-refractivity contribution is -0.137. The number of fused-ring (bicyclic) bond motifs is 1. The molecule has 0 radical (unpaired) electrons. The van der Waals surface area contributed by atoms with E-state index in [1.807, 2.05) is 24.3 Å². The van der Waals surface area contributed by atoms with Crippen LogP contribution in [0.4, 0.5) is 4.39 Å². The molecular formula is C22H23BrFNO4. The number of nitrogens with zero attached hydrogens (tertiary/aromatic N) is 1. The van der Waals surface area contributed by atoms with E-state index in [0.717, 1.165) is 22.9 Å². The van der Waals surface area contributed by atoms with Crippen LogP contribution in [0.1, 0.15) is 43.7 Å². The first-order valence-electron chi connectivity index (χ1n) is 10.3. The first-order valence-corrected chi connectivity index (χ1v) is 11.1. The van der Waals surface area contributed by atoms with Gasteiger partial charge in [-0.25, -0.2) is 4.39 Å². The second kappa shape index (κ2) is 7.51. The predicted octanol–water partition coefficient (Wildman–Crippen LogP) is 3.87. The lowest BCUT2D eigenvalue weighted by atomic mass is 9.77. The summed E-state index contributed by atoms with van der Waals surface area (Å²) < 4.78 is 26.8. The van der Waals surface area contributed by atoms with Crippen molar-refractivity contribution in [1.29, 1.82) is 0 Å². The number of hydrogen-bond acceptors (Lipinski definition) is 4. The number of benzene rings is 1. The van der Waals surface area contributed by atoms with Gasteiger partial charge in [0.25, 0.3) is 5.91 Å². The maximum atomic E-state index is 14.0. The molecule has 1 aromatic rings. The van der Waals surface area contributed by atoms with Gasteiger partial charge in [0.15, 0.2) is 11.5 Å². The summed E-state index contributed by atoms with van der Waals surface area (Å²) in [5.41, 5.74) is 1.25. The second-order valence-corrected chi connectivity index (χ2v) is 9.24. The summed E-state index contributed by atoms with van der Waals surface area (Å²) in [4.78, 5) is 28.5. The first kappa shape index (κ1) is 19.2. The largest absolute Gasteiger partial charge is 0.483 e. The van der Waals surface area contributed by atoms with Gasteiger partial charge in [0, 0.05) is 17.6 Å². The van der Waals surface area contributed by atoms with Crippen molar-refractivity contribution < 1.29 is 23.5 Å². The Bertz CT molecular complexity index is 864. The van der Waals surface area contributed by atoms with Crippen molar-refractivity contribution in [2.45, 2.75) is 56.5 Å². The van der Waals surface area contributed by atoms with E-state index < -0.39 is 24.2 Å². The van der Waals surface area contributed by atoms with Gasteiger partial charge in [-0.3, -0.25) is 9.59 Å². The van der Waals surface area contributed by atoms with Crippen molar-refractivity contribution in [2.24, 2.45) is 5.92 Å². The van der Waals surface area contributed by atoms with Crippen LogP contribution in [0.5, 0.6) is 0 Å². The predicted molar refractivity (Wildman–Crippen MR) is 107 cm³/mol. The molecule has 1 aromatic carbocycles. The third-order valence-electron chi connectivity index (χ3n) is 6.49. The summed E-state index contributed by atoms with van der Waals surface area (Å²) in [5.74, 6) is -0.724. The topological polar surface area (TPSA) is 55.8 Å². The molecule has 5 nitrogen and oxygen atoms in total. The monoisotopic (exact) mass is 463 g/mol. The molecule has 5 rings (SSSR count). The van der Waals surface area contributed by atoms with Gasteiger partial charge in [0.05, 0.1) is 23.6 Å². The van der Waals surface area contributed by atoms with E-state index in [4.69, 9.17) is 9.47 Å². The third kappa shape index (κ3) is 3.32. The van der Waals surface area contributed by atoms with Crippen LogP contribution in [0.25, 0.3) is 0 Å². The Morgan fingerprint density at radius 3 is 2.66 bits per heavy atom. The molecule has 0 bridgehead atoms. The minimum Gasteiger partial charge on any atom is -0.483 e. The minimum atomic E-state index is -0.989. The fourth-order valence-electron chi connectivity index (χ4n) is 5.05. The van der Waals surface area contributed by atoms with Crippen molar-refractivity contribution in [3.63, 3.8) is 0 Å². The highest BCUT2D eigenvalue weighted by Crippen LogP contribution is 2.47. The molecule has 2 fully saturated rings. The zero-order valence-electron chi connectivity index (χ0n) is 16.0. The molecule has 5 unspecified atom stereocenters. The van der Waals surface area contributed by atoms with Crippen molar-refractivity contribution >= 4 is 27.6 Å². The van der Waals surface area contributed by atoms with Gasteiger partial charge in [-0.05, 0) is 49.8 Å². The van der Waals surface area contributed by atoms with Crippen LogP contribution in [0.15, 0.2) is 40.1 Å². The number of ketones is 1. The summed E-state index contributed by atoms with van der Waals surface area (Å²) >= 11 is 3.44. The molecule has 1 saturated heterocycles. The number of halogens is 2. The van der Waals surface area contributed by atoms with Crippen LogP contribution < -0.4 is 0 Å². The average molecular weight is 464 g/mol. The van der Waals surface area contributed by atoms with E-state index in [2.05, 4.69) is 15.9 Å². The summed E-state index contributed by atoms with van der Waals surface area (Å²) in [6, 6.07) is 7.12. The Kier molecular flexibility index (Phi) is 4.98. The van der Waals surface area contributed by atoms with Crippen LogP contribution in [0.2, 0.25) is 0 Å². The Balaban J connectivity index is 1.54. The summed E-state index contributed by atoms with van der Waals surface area (Å²) in [7, 11) is 0. The van der Waals surface area contributed by atoms with Gasteiger partial charge in [0.1, 0.15) is 12.3 Å². The molecule has 154 valence electrons. The number of rotatable bonds is 3. The van der Waals surface area contributed by atoms with Crippen LogP contribution in [-0.2, 0) is 19.1 Å². The number of alkyl halides is 1. The van der Waals surface area contributed by atoms with Crippen molar-refractivity contribution in [2.75, 3.05) is 13.2 Å². The maximum absolute atomic E-state index is 14.0. The fourth-order valence-corrected chi connectivity index (χ4v) is 5.31. The lowest BCUT2D eigenvalue weighted by Gasteiger charge is -2.36. The van der Waals surface area contributed by atoms with Gasteiger partial charge < -0.3 is 14.4 Å². The molecule has 1 saturated carbocycles. The minimum absolute atomic E-state index is 0.0362. The number of ether oxygens (including phenoxy) is 2. The zero-order chi connectivity index (χ0) is 20.1. The summed E-state index contributed by atoms with van der Waals surface area (Å²) in [6.07, 6.45) is 1.46. The van der Waals surface area contributed by atoms with Gasteiger partial charge in [-0.2, -0.15) is 0 Å². The fraction of sp³-hybridized carbons (Fsp3) is 0.545. The summed E-state index contributed by atoms with van der Waals surface area (Å²) in [6.45, 7) is 1.12. The van der Waals surface area contributed by atoms with E-state index in [1.165, 1.54) is 0 Å². The molecule has 1 amide bonds. The zero-order valence-corrected chi connectivity index (χ0v) is 17.6. The van der Waals surface area contributed by atoms with E-state index in [1.54, 1.807) is 4.90 Å². The normalized spacial score (nSPS) is 34.3. The number of hydrogen-bond donors (Lipinski definition) is 0. The van der Waals surface area contributed by atoms with Crippen LogP contribution in [0, 0.1) is 5.92 Å². The van der Waals surface area contributed by atoms with Crippen LogP contribution in [-0.4, -0.2) is 48.1 Å².